The molecule has 0 atom stereocenters. The van der Waals surface area contributed by atoms with Crippen LogP contribution in [0.1, 0.15) is 52.6 Å². The van der Waals surface area contributed by atoms with Crippen molar-refractivity contribution in [3.05, 3.63) is 76.6 Å². The molecule has 1 N–H and O–H groups in total. The fourth-order valence-electron chi connectivity index (χ4n) is 4.34. The number of aromatic nitrogens is 2. The largest absolute Gasteiger partial charge is 0.322 e. The van der Waals surface area contributed by atoms with E-state index in [-0.39, 0.29) is 5.91 Å². The molecule has 1 amide bonds. The van der Waals surface area contributed by atoms with Crippen LogP contribution < -0.4 is 5.32 Å². The maximum absolute atomic E-state index is 13.3. The van der Waals surface area contributed by atoms with Gasteiger partial charge in [-0.3, -0.25) is 9.48 Å². The van der Waals surface area contributed by atoms with Gasteiger partial charge in [0.25, 0.3) is 5.91 Å². The third-order valence-electron chi connectivity index (χ3n) is 6.51. The molecule has 4 rings (SSSR count). The molecule has 34 heavy (non-hydrogen) atoms. The van der Waals surface area contributed by atoms with Crippen LogP contribution in [0.5, 0.6) is 0 Å². The lowest BCUT2D eigenvalue weighted by atomic mass is 10.0. The van der Waals surface area contributed by atoms with Crippen LogP contribution in [-0.4, -0.2) is 41.5 Å². The molecular weight excluding hydrogens is 448 g/mol. The molecule has 1 fully saturated rings. The number of hydrogen-bond acceptors (Lipinski definition) is 4. The molecular formula is C26H32N4O3S. The molecule has 7 nitrogen and oxygen atoms in total. The number of sulfonamides is 1. The first-order chi connectivity index (χ1) is 16.1. The van der Waals surface area contributed by atoms with Crippen molar-refractivity contribution >= 4 is 21.6 Å². The topological polar surface area (TPSA) is 84.3 Å². The lowest BCUT2D eigenvalue weighted by molar-refractivity contribution is 0.102. The maximum Gasteiger partial charge on any atom is 0.255 e. The number of nitrogens with zero attached hydrogens (tertiary/aromatic N) is 3. The van der Waals surface area contributed by atoms with Crippen molar-refractivity contribution in [1.29, 1.82) is 0 Å². The van der Waals surface area contributed by atoms with Crippen LogP contribution in [0, 0.1) is 26.7 Å². The Kier molecular flexibility index (Phi) is 6.91. The normalized spacial score (nSPS) is 15.4. The molecule has 8 heteroatoms. The van der Waals surface area contributed by atoms with E-state index in [2.05, 4.69) is 17.3 Å². The molecule has 0 aliphatic carbocycles. The summed E-state index contributed by atoms with van der Waals surface area (Å²) in [5.41, 5.74) is 4.53. The number of anilines is 1. The van der Waals surface area contributed by atoms with Gasteiger partial charge in [-0.15, -0.1) is 0 Å². The molecule has 0 unspecified atom stereocenters. The number of aryl methyl sites for hydroxylation is 2. The standard InChI is InChI=1S/C26H32N4O3S/c1-18-5-11-24(12-6-18)27-26(31)23-9-7-22(8-10-23)17-30-21(4)25(20(3)28-30)34(32,33)29-15-13-19(2)14-16-29/h5-12,19H,13-17H2,1-4H3,(H,27,31). The van der Waals surface area contributed by atoms with Crippen molar-refractivity contribution < 1.29 is 13.2 Å². The van der Waals surface area contributed by atoms with E-state index in [1.807, 2.05) is 50.2 Å². The van der Waals surface area contributed by atoms with Crippen LogP contribution in [0.15, 0.2) is 53.4 Å². The first-order valence-electron chi connectivity index (χ1n) is 11.7. The van der Waals surface area contributed by atoms with E-state index in [9.17, 15) is 13.2 Å². The van der Waals surface area contributed by atoms with E-state index < -0.39 is 10.0 Å². The SMILES string of the molecule is Cc1ccc(NC(=O)c2ccc(Cn3nc(C)c(S(=O)(=O)N4CCC(C)CC4)c3C)cc2)cc1. The van der Waals surface area contributed by atoms with Crippen LogP contribution in [-0.2, 0) is 16.6 Å². The van der Waals surface area contributed by atoms with Gasteiger partial charge < -0.3 is 5.32 Å². The molecule has 1 saturated heterocycles. The Hall–Kier alpha value is -2.97. The zero-order valence-electron chi connectivity index (χ0n) is 20.2. The van der Waals surface area contributed by atoms with E-state index >= 15 is 0 Å². The fraction of sp³-hybridized carbons (Fsp3) is 0.385. The van der Waals surface area contributed by atoms with Crippen LogP contribution in [0.3, 0.4) is 0 Å². The number of benzene rings is 2. The van der Waals surface area contributed by atoms with Gasteiger partial charge in [-0.25, -0.2) is 8.42 Å². The smallest absolute Gasteiger partial charge is 0.255 e. The Labute approximate surface area is 201 Å². The van der Waals surface area contributed by atoms with E-state index in [0.717, 1.165) is 29.7 Å². The van der Waals surface area contributed by atoms with Crippen molar-refractivity contribution in [2.45, 2.75) is 52.0 Å². The van der Waals surface area contributed by atoms with Gasteiger partial charge in [0.2, 0.25) is 10.0 Å². The van der Waals surface area contributed by atoms with Gasteiger partial charge in [0.15, 0.2) is 0 Å². The highest BCUT2D eigenvalue weighted by Gasteiger charge is 2.33. The fourth-order valence-corrected chi connectivity index (χ4v) is 6.18. The number of rotatable bonds is 6. The van der Waals surface area contributed by atoms with Crippen LogP contribution in [0.4, 0.5) is 5.69 Å². The van der Waals surface area contributed by atoms with E-state index in [1.165, 1.54) is 0 Å². The summed E-state index contributed by atoms with van der Waals surface area (Å²) >= 11 is 0. The summed E-state index contributed by atoms with van der Waals surface area (Å²) in [6, 6.07) is 15.0. The number of nitrogens with one attached hydrogen (secondary N) is 1. The molecule has 0 saturated carbocycles. The van der Waals surface area contributed by atoms with Crippen molar-refractivity contribution in [3.63, 3.8) is 0 Å². The third kappa shape index (κ3) is 5.08. The summed E-state index contributed by atoms with van der Waals surface area (Å²) in [4.78, 5) is 12.9. The molecule has 0 radical (unpaired) electrons. The zero-order valence-corrected chi connectivity index (χ0v) is 21.0. The highest BCUT2D eigenvalue weighted by Crippen LogP contribution is 2.28. The average Bonchev–Trinajstić information content (AvgIpc) is 3.09. The number of piperidine rings is 1. The summed E-state index contributed by atoms with van der Waals surface area (Å²) in [5, 5.41) is 7.43. The van der Waals surface area contributed by atoms with Gasteiger partial charge in [-0.2, -0.15) is 9.40 Å². The van der Waals surface area contributed by atoms with Gasteiger partial charge in [0.05, 0.1) is 17.9 Å². The molecule has 1 aliphatic heterocycles. The molecule has 1 aromatic heterocycles. The van der Waals surface area contributed by atoms with E-state index in [0.29, 0.717) is 47.4 Å². The Balaban J connectivity index is 1.48. The number of carbonyl (C=O) groups is 1. The van der Waals surface area contributed by atoms with Gasteiger partial charge in [0, 0.05) is 24.3 Å². The lowest BCUT2D eigenvalue weighted by Crippen LogP contribution is -2.38. The first-order valence-corrected chi connectivity index (χ1v) is 13.1. The second kappa shape index (κ2) is 9.72. The van der Waals surface area contributed by atoms with Crippen LogP contribution >= 0.6 is 0 Å². The minimum Gasteiger partial charge on any atom is -0.322 e. The second-order valence-corrected chi connectivity index (χ2v) is 11.1. The first kappa shape index (κ1) is 24.2. The van der Waals surface area contributed by atoms with Crippen LogP contribution in [0.25, 0.3) is 0 Å². The second-order valence-electron chi connectivity index (χ2n) is 9.26. The number of amides is 1. The zero-order chi connectivity index (χ0) is 24.5. The van der Waals surface area contributed by atoms with E-state index in [1.54, 1.807) is 28.0 Å². The van der Waals surface area contributed by atoms with E-state index in [4.69, 9.17) is 0 Å². The molecule has 0 bridgehead atoms. The Morgan fingerprint density at radius 3 is 2.24 bits per heavy atom. The van der Waals surface area contributed by atoms with Crippen molar-refractivity contribution in [2.75, 3.05) is 18.4 Å². The monoisotopic (exact) mass is 480 g/mol. The maximum atomic E-state index is 13.3. The molecule has 3 aromatic rings. The third-order valence-corrected chi connectivity index (χ3v) is 8.67. The quantitative estimate of drug-likeness (QED) is 0.562. The molecule has 0 spiro atoms. The Morgan fingerprint density at radius 1 is 1.00 bits per heavy atom. The highest BCUT2D eigenvalue weighted by atomic mass is 32.2. The lowest BCUT2D eigenvalue weighted by Gasteiger charge is -2.29. The van der Waals surface area contributed by atoms with Crippen LogP contribution in [0.2, 0.25) is 0 Å². The summed E-state index contributed by atoms with van der Waals surface area (Å²) in [6.07, 6.45) is 1.77. The van der Waals surface area contributed by atoms with Gasteiger partial charge in [-0.05, 0) is 69.4 Å². The minimum absolute atomic E-state index is 0.175. The molecule has 180 valence electrons. The predicted molar refractivity (Wildman–Crippen MR) is 134 cm³/mol. The van der Waals surface area contributed by atoms with Crippen molar-refractivity contribution in [2.24, 2.45) is 5.92 Å². The van der Waals surface area contributed by atoms with Gasteiger partial charge in [-0.1, -0.05) is 36.8 Å². The van der Waals surface area contributed by atoms with Gasteiger partial charge in [0.1, 0.15) is 4.90 Å². The summed E-state index contributed by atoms with van der Waals surface area (Å²) in [5.74, 6) is 0.379. The number of carbonyl (C=O) groups excluding carboxylic acids is 1. The molecule has 2 aromatic carbocycles. The molecule has 1 aliphatic rings. The average molecular weight is 481 g/mol. The summed E-state index contributed by atoms with van der Waals surface area (Å²) < 4.78 is 30.0. The van der Waals surface area contributed by atoms with Gasteiger partial charge >= 0.3 is 0 Å². The Bertz CT molecular complexity index is 1270. The minimum atomic E-state index is -3.57. The molecule has 2 heterocycles. The van der Waals surface area contributed by atoms with Crippen molar-refractivity contribution in [1.82, 2.24) is 14.1 Å². The van der Waals surface area contributed by atoms with Crippen molar-refractivity contribution in [3.8, 4) is 0 Å². The highest BCUT2D eigenvalue weighted by molar-refractivity contribution is 7.89. The Morgan fingerprint density at radius 2 is 1.62 bits per heavy atom. The predicted octanol–water partition coefficient (Wildman–Crippen LogP) is 4.53. The summed E-state index contributed by atoms with van der Waals surface area (Å²) in [7, 11) is -3.57. The number of hydrogen-bond donors (Lipinski definition) is 1. The summed E-state index contributed by atoms with van der Waals surface area (Å²) in [6.45, 7) is 9.26.